The smallest absolute Gasteiger partial charge is 0.206 e. The van der Waals surface area contributed by atoms with Gasteiger partial charge in [-0.1, -0.05) is 117 Å². The molecule has 0 amide bonds. The van der Waals surface area contributed by atoms with Gasteiger partial charge in [0.1, 0.15) is 11.6 Å². The van der Waals surface area contributed by atoms with E-state index in [9.17, 15) is 52.7 Å². The van der Waals surface area contributed by atoms with Crippen molar-refractivity contribution in [2.24, 2.45) is 0 Å². The van der Waals surface area contributed by atoms with Gasteiger partial charge < -0.3 is 0 Å². The van der Waals surface area contributed by atoms with Gasteiger partial charge >= 0.3 is 55.6 Å². The summed E-state index contributed by atoms with van der Waals surface area (Å²) in [5.74, 6) is -2.80. The van der Waals surface area contributed by atoms with Crippen LogP contribution in [0.25, 0.3) is 54.6 Å². The molecule has 10 aromatic rings. The molecule has 0 saturated heterocycles. The van der Waals surface area contributed by atoms with Crippen molar-refractivity contribution >= 4 is 78.5 Å². The average Bonchev–Trinajstić information content (AvgIpc) is 0.696. The van der Waals surface area contributed by atoms with E-state index in [1.165, 1.54) is 0 Å². The molecule has 0 aliphatic carbocycles. The Morgan fingerprint density at radius 2 is 0.474 bits per heavy atom. The molecule has 0 heterocycles. The van der Waals surface area contributed by atoms with E-state index in [0.717, 1.165) is 48.5 Å². The van der Waals surface area contributed by atoms with E-state index in [2.05, 4.69) is 0 Å². The van der Waals surface area contributed by atoms with Crippen LogP contribution in [0.3, 0.4) is 0 Å². The highest BCUT2D eigenvalue weighted by Crippen LogP contribution is 2.48. The second-order valence-corrected chi connectivity index (χ2v) is 22.2. The fraction of sp³-hybridized carbons (Fsp3) is 0.188. The Hall–Kier alpha value is -8.66. The van der Waals surface area contributed by atoms with Gasteiger partial charge in [0, 0.05) is 11.1 Å². The maximum Gasteiger partial charge on any atom is 0.416 e. The standard InChI is InChI=1S/C64H31B2F29/c1-26-16-29(56(69,70)71)19-41(60(81,82)83)52(26)65(53-27(2)17-30(57(72,73)74)20-42(53)61(84,85)86)46-24-39(33-8-4-6-10-48(33)67)35-12-13-36-40(34-9-5-7-11-49(34)68)25-47(38-15-14-37(46)50(35)51(36)38)66(54-28(3)18-31(58(75,76)77)21-43(54)62(87,88)89)55-44(63(90,91)92)22-32(59(78,79)80)23-45(55)64(93,94)95/h4-25H,1-3H3. The number of hydrogen-bond donors (Lipinski definition) is 0. The van der Waals surface area contributed by atoms with E-state index in [-0.39, 0.29) is 18.2 Å². The predicted octanol–water partition coefficient (Wildman–Crippen LogP) is 19.3. The SMILES string of the molecule is Cc1cc(C(F)(F)F)cc(C(F)(F)F)c1B(c1c(C)cc(C(F)(F)F)cc1C(F)(F)F)c1cc(-c2ccccc2F)c2ccc3c(-c4ccccc4F)cc(B(c4c(C)cc(C(F)(F)F)cc4C(F)(F)F)c4c(C(F)(F)F)cc(C(F)(F)F)cc4C(F)(F)F)c4ccc1c2c43. The molecule has 0 fully saturated rings. The molecule has 0 unspecified atom stereocenters. The van der Waals surface area contributed by atoms with E-state index in [1.54, 1.807) is 0 Å². The highest BCUT2D eigenvalue weighted by atomic mass is 19.4. The third kappa shape index (κ3) is 12.5. The lowest BCUT2D eigenvalue weighted by Gasteiger charge is -2.31. The second kappa shape index (κ2) is 22.8. The first kappa shape index (κ1) is 69.2. The molecular weight excluding hydrogens is 1340 g/mol. The molecule has 0 aromatic heterocycles. The Balaban J connectivity index is 1.56. The Morgan fingerprint density at radius 1 is 0.242 bits per heavy atom. The fourth-order valence-corrected chi connectivity index (χ4v) is 12.6. The molecule has 0 aliphatic rings. The van der Waals surface area contributed by atoms with Crippen LogP contribution in [-0.2, 0) is 55.6 Å². The molecule has 10 rings (SSSR count). The molecule has 0 atom stereocenters. The first-order valence-corrected chi connectivity index (χ1v) is 27.0. The van der Waals surface area contributed by atoms with Crippen LogP contribution in [0, 0.1) is 32.4 Å². The van der Waals surface area contributed by atoms with Crippen molar-refractivity contribution < 1.29 is 127 Å². The first-order valence-electron chi connectivity index (χ1n) is 27.0. The summed E-state index contributed by atoms with van der Waals surface area (Å²) in [7, 11) is 0. The number of alkyl halides is 27. The molecule has 95 heavy (non-hydrogen) atoms. The predicted molar refractivity (Wildman–Crippen MR) is 295 cm³/mol. The summed E-state index contributed by atoms with van der Waals surface area (Å²) in [6.07, 6.45) is -55.1. The van der Waals surface area contributed by atoms with Crippen LogP contribution in [0.2, 0.25) is 0 Å². The van der Waals surface area contributed by atoms with E-state index in [1.807, 2.05) is 0 Å². The zero-order valence-electron chi connectivity index (χ0n) is 47.3. The van der Waals surface area contributed by atoms with Gasteiger partial charge in [-0.3, -0.25) is 0 Å². The number of rotatable bonds is 8. The van der Waals surface area contributed by atoms with Gasteiger partial charge in [-0.15, -0.1) is 0 Å². The summed E-state index contributed by atoms with van der Waals surface area (Å²) in [5, 5.41) is -4.79. The summed E-state index contributed by atoms with van der Waals surface area (Å²) in [5.41, 5.74) is -40.3. The van der Waals surface area contributed by atoms with Crippen molar-refractivity contribution in [3.63, 3.8) is 0 Å². The Bertz CT molecular complexity index is 4590. The van der Waals surface area contributed by atoms with Gasteiger partial charge in [0.2, 0.25) is 13.4 Å². The zero-order chi connectivity index (χ0) is 70.5. The molecule has 0 radical (unpaired) electrons. The maximum absolute atomic E-state index is 16.7. The Kier molecular flexibility index (Phi) is 16.6. The topological polar surface area (TPSA) is 0 Å². The second-order valence-electron chi connectivity index (χ2n) is 22.2. The molecular formula is C64H31B2F29. The largest absolute Gasteiger partial charge is 0.416 e. The molecule has 31 heteroatoms. The third-order valence-electron chi connectivity index (χ3n) is 16.2. The van der Waals surface area contributed by atoms with Crippen molar-refractivity contribution in [1.29, 1.82) is 0 Å². The van der Waals surface area contributed by atoms with Crippen LogP contribution in [0.1, 0.15) is 66.8 Å². The molecule has 0 bridgehead atoms. The van der Waals surface area contributed by atoms with E-state index in [0.29, 0.717) is 57.2 Å². The highest BCUT2D eigenvalue weighted by Gasteiger charge is 2.52. The summed E-state index contributed by atoms with van der Waals surface area (Å²) in [6, 6.07) is 7.15. The van der Waals surface area contributed by atoms with Crippen LogP contribution in [0.4, 0.5) is 127 Å². The van der Waals surface area contributed by atoms with Crippen molar-refractivity contribution in [2.45, 2.75) is 76.4 Å². The van der Waals surface area contributed by atoms with Gasteiger partial charge in [0.15, 0.2) is 0 Å². The Morgan fingerprint density at radius 3 is 0.726 bits per heavy atom. The van der Waals surface area contributed by atoms with E-state index in [4.69, 9.17) is 0 Å². The van der Waals surface area contributed by atoms with Gasteiger partial charge in [0.05, 0.1) is 50.1 Å². The van der Waals surface area contributed by atoms with E-state index >= 15 is 74.6 Å². The average molecular weight is 1370 g/mol. The lowest BCUT2D eigenvalue weighted by molar-refractivity contribution is -0.148. The summed E-state index contributed by atoms with van der Waals surface area (Å²) in [4.78, 5) is 0. The van der Waals surface area contributed by atoms with Gasteiger partial charge in [-0.05, 0) is 130 Å². The Labute approximate surface area is 515 Å². The maximum atomic E-state index is 16.7. The number of benzene rings is 10. The summed E-state index contributed by atoms with van der Waals surface area (Å²) >= 11 is 0. The molecule has 10 aromatic carbocycles. The van der Waals surface area contributed by atoms with Crippen LogP contribution in [0.5, 0.6) is 0 Å². The van der Waals surface area contributed by atoms with Crippen molar-refractivity contribution in [3.8, 4) is 22.3 Å². The minimum atomic E-state index is -6.55. The van der Waals surface area contributed by atoms with Crippen molar-refractivity contribution in [2.75, 3.05) is 0 Å². The highest BCUT2D eigenvalue weighted by molar-refractivity contribution is 6.99. The minimum Gasteiger partial charge on any atom is -0.206 e. The van der Waals surface area contributed by atoms with E-state index < -0.39 is 265 Å². The fourth-order valence-electron chi connectivity index (χ4n) is 12.6. The quantitative estimate of drug-likeness (QED) is 0.0808. The lowest BCUT2D eigenvalue weighted by Crippen LogP contribution is -2.59. The van der Waals surface area contributed by atoms with Crippen LogP contribution in [-0.4, -0.2) is 13.4 Å². The van der Waals surface area contributed by atoms with Crippen LogP contribution < -0.4 is 32.8 Å². The lowest BCUT2D eigenvalue weighted by atomic mass is 9.33. The normalized spacial score (nSPS) is 13.5. The number of hydrogen-bond acceptors (Lipinski definition) is 0. The first-order chi connectivity index (χ1) is 43.4. The molecule has 0 aliphatic heterocycles. The minimum absolute atomic E-state index is 0.00908. The van der Waals surface area contributed by atoms with Crippen molar-refractivity contribution in [1.82, 2.24) is 0 Å². The summed E-state index contributed by atoms with van der Waals surface area (Å²) < 4.78 is 447. The van der Waals surface area contributed by atoms with Gasteiger partial charge in [-0.2, -0.15) is 119 Å². The molecule has 0 nitrogen and oxygen atoms in total. The monoisotopic (exact) mass is 1370 g/mol. The number of aryl methyl sites for hydroxylation is 3. The van der Waals surface area contributed by atoms with Gasteiger partial charge in [-0.25, -0.2) is 8.78 Å². The van der Waals surface area contributed by atoms with Crippen LogP contribution in [0.15, 0.2) is 133 Å². The van der Waals surface area contributed by atoms with Gasteiger partial charge in [0.25, 0.3) is 0 Å². The van der Waals surface area contributed by atoms with Crippen LogP contribution >= 0.6 is 0 Å². The zero-order valence-corrected chi connectivity index (χ0v) is 47.3. The molecule has 0 N–H and O–H groups in total. The van der Waals surface area contributed by atoms with Crippen molar-refractivity contribution in [3.05, 3.63) is 212 Å². The molecule has 0 saturated carbocycles. The molecule has 496 valence electrons. The third-order valence-corrected chi connectivity index (χ3v) is 16.2. The molecule has 0 spiro atoms. The summed E-state index contributed by atoms with van der Waals surface area (Å²) in [6.45, 7) is -5.36. The number of halogens is 29.